The summed E-state index contributed by atoms with van der Waals surface area (Å²) in [6.07, 6.45) is 2.32. The fraction of sp³-hybridized carbons (Fsp3) is 0.118. The van der Waals surface area contributed by atoms with E-state index in [-0.39, 0.29) is 17.9 Å². The molecule has 0 fully saturated rings. The lowest BCUT2D eigenvalue weighted by molar-refractivity contribution is -0.136. The lowest BCUT2D eigenvalue weighted by Gasteiger charge is -2.09. The number of carboxylic acids is 1. The van der Waals surface area contributed by atoms with Gasteiger partial charge >= 0.3 is 5.97 Å². The van der Waals surface area contributed by atoms with Crippen molar-refractivity contribution in [3.8, 4) is 11.5 Å². The molecule has 0 bridgehead atoms. The lowest BCUT2D eigenvalue weighted by Crippen LogP contribution is -1.93. The van der Waals surface area contributed by atoms with Gasteiger partial charge < -0.3 is 15.3 Å². The Morgan fingerprint density at radius 3 is 1.67 bits per heavy atom. The molecule has 0 amide bonds. The summed E-state index contributed by atoms with van der Waals surface area (Å²) in [5, 5.41) is 27.5. The molecule has 0 heterocycles. The van der Waals surface area contributed by atoms with Crippen molar-refractivity contribution < 1.29 is 20.1 Å². The Labute approximate surface area is 122 Å². The van der Waals surface area contributed by atoms with Gasteiger partial charge in [0.2, 0.25) is 0 Å². The van der Waals surface area contributed by atoms with Gasteiger partial charge in [-0.15, -0.1) is 0 Å². The van der Waals surface area contributed by atoms with E-state index in [9.17, 15) is 15.0 Å². The van der Waals surface area contributed by atoms with Gasteiger partial charge in [0.25, 0.3) is 0 Å². The molecule has 4 heteroatoms. The fourth-order valence-corrected chi connectivity index (χ4v) is 2.02. The summed E-state index contributed by atoms with van der Waals surface area (Å²) in [6, 6.07) is 13.4. The second-order valence-electron chi connectivity index (χ2n) is 4.64. The standard InChI is InChI=1S/C17H16O4/c18-14-8-4-12(5-9-14)16(2-1-3-17(20)21)13-6-10-15(19)11-7-13/h2,4-11,18-19H,1,3H2,(H,20,21). The Morgan fingerprint density at radius 1 is 0.857 bits per heavy atom. The van der Waals surface area contributed by atoms with Crippen LogP contribution in [0.15, 0.2) is 54.6 Å². The summed E-state index contributed by atoms with van der Waals surface area (Å²) in [6.45, 7) is 0. The van der Waals surface area contributed by atoms with Crippen molar-refractivity contribution in [2.24, 2.45) is 0 Å². The van der Waals surface area contributed by atoms with Crippen LogP contribution in [-0.2, 0) is 4.79 Å². The minimum Gasteiger partial charge on any atom is -0.508 e. The van der Waals surface area contributed by atoms with Crippen LogP contribution in [-0.4, -0.2) is 21.3 Å². The molecule has 4 nitrogen and oxygen atoms in total. The minimum atomic E-state index is -0.845. The zero-order chi connectivity index (χ0) is 15.2. The summed E-state index contributed by atoms with van der Waals surface area (Å²) >= 11 is 0. The first-order valence-electron chi connectivity index (χ1n) is 6.57. The third-order valence-electron chi connectivity index (χ3n) is 3.06. The number of hydrogen-bond acceptors (Lipinski definition) is 3. The SMILES string of the molecule is O=C(O)CCC=C(c1ccc(O)cc1)c1ccc(O)cc1. The highest BCUT2D eigenvalue weighted by Crippen LogP contribution is 2.27. The molecule has 0 atom stereocenters. The molecule has 0 saturated carbocycles. The van der Waals surface area contributed by atoms with Crippen molar-refractivity contribution in [3.05, 3.63) is 65.7 Å². The molecule has 21 heavy (non-hydrogen) atoms. The van der Waals surface area contributed by atoms with Gasteiger partial charge in [-0.3, -0.25) is 4.79 Å². The van der Waals surface area contributed by atoms with Crippen molar-refractivity contribution in [2.75, 3.05) is 0 Å². The molecule has 0 aromatic heterocycles. The molecule has 108 valence electrons. The number of aromatic hydroxyl groups is 2. The Bertz CT molecular complexity index is 592. The Balaban J connectivity index is 2.36. The molecule has 0 spiro atoms. The summed E-state index contributed by atoms with van der Waals surface area (Å²) in [5.74, 6) is -0.495. The van der Waals surface area contributed by atoms with E-state index in [1.54, 1.807) is 48.5 Å². The lowest BCUT2D eigenvalue weighted by atomic mass is 9.96. The number of hydrogen-bond donors (Lipinski definition) is 3. The van der Waals surface area contributed by atoms with Crippen molar-refractivity contribution in [1.82, 2.24) is 0 Å². The average Bonchev–Trinajstić information content (AvgIpc) is 2.46. The van der Waals surface area contributed by atoms with Crippen LogP contribution in [0.3, 0.4) is 0 Å². The molecule has 0 saturated heterocycles. The van der Waals surface area contributed by atoms with Crippen LogP contribution in [0.25, 0.3) is 5.57 Å². The van der Waals surface area contributed by atoms with Gasteiger partial charge in [0.15, 0.2) is 0 Å². The van der Waals surface area contributed by atoms with Crippen molar-refractivity contribution in [3.63, 3.8) is 0 Å². The zero-order valence-corrected chi connectivity index (χ0v) is 11.4. The molecular weight excluding hydrogens is 268 g/mol. The molecule has 0 unspecified atom stereocenters. The maximum Gasteiger partial charge on any atom is 0.303 e. The van der Waals surface area contributed by atoms with Crippen LogP contribution in [0, 0.1) is 0 Å². The number of benzene rings is 2. The second kappa shape index (κ2) is 6.61. The van der Waals surface area contributed by atoms with Crippen molar-refractivity contribution >= 4 is 11.5 Å². The van der Waals surface area contributed by atoms with Crippen LogP contribution in [0.5, 0.6) is 11.5 Å². The largest absolute Gasteiger partial charge is 0.508 e. The van der Waals surface area contributed by atoms with Gasteiger partial charge in [-0.2, -0.15) is 0 Å². The first-order valence-corrected chi connectivity index (χ1v) is 6.57. The number of phenols is 2. The van der Waals surface area contributed by atoms with Gasteiger partial charge in [-0.1, -0.05) is 30.3 Å². The summed E-state index contributed by atoms with van der Waals surface area (Å²) in [4.78, 5) is 10.6. The van der Waals surface area contributed by atoms with E-state index in [4.69, 9.17) is 5.11 Å². The number of aliphatic carboxylic acids is 1. The van der Waals surface area contributed by atoms with E-state index in [2.05, 4.69) is 0 Å². The maximum absolute atomic E-state index is 10.6. The van der Waals surface area contributed by atoms with Gasteiger partial charge in [0.05, 0.1) is 0 Å². The van der Waals surface area contributed by atoms with E-state index < -0.39 is 5.97 Å². The van der Waals surface area contributed by atoms with Crippen molar-refractivity contribution in [1.29, 1.82) is 0 Å². The molecule has 0 radical (unpaired) electrons. The third kappa shape index (κ3) is 4.11. The van der Waals surface area contributed by atoms with Gasteiger partial charge in [-0.25, -0.2) is 0 Å². The third-order valence-corrected chi connectivity index (χ3v) is 3.06. The summed E-state index contributed by atoms with van der Waals surface area (Å²) < 4.78 is 0. The van der Waals surface area contributed by atoms with E-state index >= 15 is 0 Å². The molecular formula is C17H16O4. The topological polar surface area (TPSA) is 77.8 Å². The zero-order valence-electron chi connectivity index (χ0n) is 11.4. The fourth-order valence-electron chi connectivity index (χ4n) is 2.02. The van der Waals surface area contributed by atoms with Crippen LogP contribution < -0.4 is 0 Å². The number of carbonyl (C=O) groups is 1. The number of rotatable bonds is 5. The van der Waals surface area contributed by atoms with Crippen LogP contribution in [0.1, 0.15) is 24.0 Å². The first-order chi connectivity index (χ1) is 10.1. The van der Waals surface area contributed by atoms with Crippen LogP contribution in [0.4, 0.5) is 0 Å². The monoisotopic (exact) mass is 284 g/mol. The number of phenolic OH excluding ortho intramolecular Hbond substituents is 2. The number of allylic oxidation sites excluding steroid dienone is 1. The Hall–Kier alpha value is -2.75. The summed E-state index contributed by atoms with van der Waals surface area (Å²) in [7, 11) is 0. The molecule has 2 rings (SSSR count). The Kier molecular flexibility index (Phi) is 4.61. The van der Waals surface area contributed by atoms with Gasteiger partial charge in [-0.05, 0) is 47.4 Å². The maximum atomic E-state index is 10.6. The Morgan fingerprint density at radius 2 is 1.29 bits per heavy atom. The smallest absolute Gasteiger partial charge is 0.303 e. The average molecular weight is 284 g/mol. The summed E-state index contributed by atoms with van der Waals surface area (Å²) in [5.41, 5.74) is 2.63. The minimum absolute atomic E-state index is 0.0552. The van der Waals surface area contributed by atoms with Crippen molar-refractivity contribution in [2.45, 2.75) is 12.8 Å². The predicted octanol–water partition coefficient (Wildman–Crippen LogP) is 3.39. The quantitative estimate of drug-likeness (QED) is 0.786. The van der Waals surface area contributed by atoms with E-state index in [0.717, 1.165) is 16.7 Å². The van der Waals surface area contributed by atoms with Gasteiger partial charge in [0, 0.05) is 6.42 Å². The highest BCUT2D eigenvalue weighted by molar-refractivity contribution is 5.80. The normalized spacial score (nSPS) is 10.1. The van der Waals surface area contributed by atoms with Gasteiger partial charge in [0.1, 0.15) is 11.5 Å². The molecule has 0 aliphatic rings. The molecule has 2 aromatic rings. The molecule has 0 aliphatic heterocycles. The first kappa shape index (κ1) is 14.7. The van der Waals surface area contributed by atoms with Crippen LogP contribution >= 0.6 is 0 Å². The molecule has 2 aromatic carbocycles. The predicted molar refractivity (Wildman–Crippen MR) is 80.2 cm³/mol. The van der Waals surface area contributed by atoms with E-state index in [0.29, 0.717) is 6.42 Å². The van der Waals surface area contributed by atoms with Crippen LogP contribution in [0.2, 0.25) is 0 Å². The second-order valence-corrected chi connectivity index (χ2v) is 4.64. The molecule has 3 N–H and O–H groups in total. The highest BCUT2D eigenvalue weighted by atomic mass is 16.4. The number of carboxylic acid groups (broad SMARTS) is 1. The highest BCUT2D eigenvalue weighted by Gasteiger charge is 2.06. The van der Waals surface area contributed by atoms with E-state index in [1.807, 2.05) is 6.08 Å². The van der Waals surface area contributed by atoms with E-state index in [1.165, 1.54) is 0 Å². The molecule has 0 aliphatic carbocycles.